The number of hydrogen-bond acceptors (Lipinski definition) is 1. The van der Waals surface area contributed by atoms with Crippen molar-refractivity contribution < 1.29 is 4.79 Å². The van der Waals surface area contributed by atoms with Gasteiger partial charge in [0.25, 0.3) is 0 Å². The van der Waals surface area contributed by atoms with Crippen LogP contribution in [0.4, 0.5) is 0 Å². The highest BCUT2D eigenvalue weighted by molar-refractivity contribution is 9.09. The largest absolute Gasteiger partial charge is 0.298 e. The van der Waals surface area contributed by atoms with E-state index in [1.54, 1.807) is 0 Å². The lowest BCUT2D eigenvalue weighted by atomic mass is 9.92. The average Bonchev–Trinajstić information content (AvgIpc) is 2.34. The summed E-state index contributed by atoms with van der Waals surface area (Å²) in [6.45, 7) is 0. The first kappa shape index (κ1) is 14.7. The molecule has 1 aliphatic carbocycles. The Hall–Kier alpha value is 0.630. The van der Waals surface area contributed by atoms with E-state index in [0.29, 0.717) is 21.9 Å². The Kier molecular flexibility index (Phi) is 7.97. The van der Waals surface area contributed by atoms with Gasteiger partial charge in [0.2, 0.25) is 0 Å². The molecule has 1 saturated carbocycles. The zero-order valence-corrected chi connectivity index (χ0v) is 13.1. The predicted molar refractivity (Wildman–Crippen MR) is 76.6 cm³/mol. The van der Waals surface area contributed by atoms with E-state index >= 15 is 0 Å². The molecule has 0 aromatic carbocycles. The van der Waals surface area contributed by atoms with Gasteiger partial charge in [-0.3, -0.25) is 4.79 Å². The van der Waals surface area contributed by atoms with E-state index in [2.05, 4.69) is 31.9 Å². The fourth-order valence-electron chi connectivity index (χ4n) is 2.41. The van der Waals surface area contributed by atoms with Crippen molar-refractivity contribution in [3.63, 3.8) is 0 Å². The molecule has 1 nitrogen and oxygen atoms in total. The van der Waals surface area contributed by atoms with Crippen molar-refractivity contribution in [3.8, 4) is 0 Å². The SMILES string of the molecule is O=C(CBr)C1CCCCCC(Br)CCCC1. The van der Waals surface area contributed by atoms with E-state index in [-0.39, 0.29) is 0 Å². The second kappa shape index (κ2) is 8.68. The Morgan fingerprint density at radius 2 is 1.44 bits per heavy atom. The maximum Gasteiger partial charge on any atom is 0.146 e. The summed E-state index contributed by atoms with van der Waals surface area (Å²) in [5.41, 5.74) is 0. The average molecular weight is 354 g/mol. The molecule has 1 aliphatic rings. The zero-order chi connectivity index (χ0) is 11.8. The van der Waals surface area contributed by atoms with E-state index in [0.717, 1.165) is 12.8 Å². The third kappa shape index (κ3) is 5.81. The first-order valence-electron chi connectivity index (χ1n) is 6.46. The molecule has 0 spiro atoms. The Bertz CT molecular complexity index is 206. The van der Waals surface area contributed by atoms with Crippen LogP contribution in [-0.2, 0) is 4.79 Å². The number of carbonyl (C=O) groups is 1. The first-order chi connectivity index (χ1) is 7.74. The molecule has 0 aromatic rings. The number of hydrogen-bond donors (Lipinski definition) is 0. The summed E-state index contributed by atoms with van der Waals surface area (Å²) in [6, 6.07) is 0. The molecule has 2 atom stereocenters. The normalized spacial score (nSPS) is 29.4. The molecule has 2 unspecified atom stereocenters. The molecule has 94 valence electrons. The first-order valence-corrected chi connectivity index (χ1v) is 8.50. The molecule has 0 aliphatic heterocycles. The quantitative estimate of drug-likeness (QED) is 0.648. The van der Waals surface area contributed by atoms with Crippen LogP contribution in [0.15, 0.2) is 0 Å². The predicted octanol–water partition coefficient (Wildman–Crippen LogP) is 4.85. The van der Waals surface area contributed by atoms with Crippen LogP contribution in [0.25, 0.3) is 0 Å². The maximum atomic E-state index is 11.7. The van der Waals surface area contributed by atoms with Crippen LogP contribution in [0.1, 0.15) is 57.8 Å². The van der Waals surface area contributed by atoms with E-state index in [9.17, 15) is 4.79 Å². The van der Waals surface area contributed by atoms with Crippen molar-refractivity contribution in [1.82, 2.24) is 0 Å². The van der Waals surface area contributed by atoms with Gasteiger partial charge in [0.15, 0.2) is 0 Å². The molecule has 0 aromatic heterocycles. The number of alkyl halides is 2. The molecule has 0 heterocycles. The van der Waals surface area contributed by atoms with Crippen LogP contribution >= 0.6 is 31.9 Å². The Balaban J connectivity index is 2.39. The van der Waals surface area contributed by atoms with Crippen molar-refractivity contribution in [3.05, 3.63) is 0 Å². The molecule has 1 rings (SSSR count). The van der Waals surface area contributed by atoms with E-state index in [1.807, 2.05) is 0 Å². The van der Waals surface area contributed by atoms with E-state index < -0.39 is 0 Å². The van der Waals surface area contributed by atoms with Gasteiger partial charge in [-0.2, -0.15) is 0 Å². The highest BCUT2D eigenvalue weighted by Gasteiger charge is 2.17. The zero-order valence-electron chi connectivity index (χ0n) is 9.89. The molecule has 0 amide bonds. The van der Waals surface area contributed by atoms with Gasteiger partial charge in [0.05, 0.1) is 5.33 Å². The number of ketones is 1. The summed E-state index contributed by atoms with van der Waals surface area (Å²) in [7, 11) is 0. The summed E-state index contributed by atoms with van der Waals surface area (Å²) in [5, 5.41) is 0.540. The Morgan fingerprint density at radius 1 is 0.938 bits per heavy atom. The lowest BCUT2D eigenvalue weighted by molar-refractivity contribution is -0.120. The minimum Gasteiger partial charge on any atom is -0.298 e. The van der Waals surface area contributed by atoms with Crippen molar-refractivity contribution >= 4 is 37.6 Å². The van der Waals surface area contributed by atoms with Gasteiger partial charge in [-0.05, 0) is 25.7 Å². The Labute approximate surface area is 116 Å². The lowest BCUT2D eigenvalue weighted by Crippen LogP contribution is -2.15. The van der Waals surface area contributed by atoms with Gasteiger partial charge < -0.3 is 0 Å². The van der Waals surface area contributed by atoms with Crippen LogP contribution in [0.5, 0.6) is 0 Å². The number of rotatable bonds is 2. The van der Waals surface area contributed by atoms with Gasteiger partial charge in [-0.25, -0.2) is 0 Å². The third-order valence-electron chi connectivity index (χ3n) is 3.48. The van der Waals surface area contributed by atoms with E-state index in [1.165, 1.54) is 44.9 Å². The number of halogens is 2. The molecule has 3 heteroatoms. The van der Waals surface area contributed by atoms with Gasteiger partial charge in [-0.1, -0.05) is 64.0 Å². The summed E-state index contributed by atoms with van der Waals surface area (Å²) < 4.78 is 0. The molecule has 0 saturated heterocycles. The van der Waals surface area contributed by atoms with Gasteiger partial charge in [0.1, 0.15) is 5.78 Å². The fraction of sp³-hybridized carbons (Fsp3) is 0.923. The van der Waals surface area contributed by atoms with Crippen LogP contribution < -0.4 is 0 Å². The van der Waals surface area contributed by atoms with Crippen molar-refractivity contribution in [2.45, 2.75) is 62.6 Å². The highest BCUT2D eigenvalue weighted by Crippen LogP contribution is 2.24. The molecule has 0 bridgehead atoms. The van der Waals surface area contributed by atoms with Crippen molar-refractivity contribution in [1.29, 1.82) is 0 Å². The maximum absolute atomic E-state index is 11.7. The monoisotopic (exact) mass is 352 g/mol. The summed E-state index contributed by atoms with van der Waals surface area (Å²) in [6.07, 6.45) is 11.1. The minimum absolute atomic E-state index is 0.325. The van der Waals surface area contributed by atoms with Crippen molar-refractivity contribution in [2.24, 2.45) is 5.92 Å². The molecule has 0 N–H and O–H groups in total. The fourth-order valence-corrected chi connectivity index (χ4v) is 3.51. The number of carbonyl (C=O) groups excluding carboxylic acids is 1. The topological polar surface area (TPSA) is 17.1 Å². The smallest absolute Gasteiger partial charge is 0.146 e. The molecule has 16 heavy (non-hydrogen) atoms. The van der Waals surface area contributed by atoms with Gasteiger partial charge in [-0.15, -0.1) is 0 Å². The molecule has 0 radical (unpaired) electrons. The van der Waals surface area contributed by atoms with Crippen LogP contribution in [0.2, 0.25) is 0 Å². The molecular weight excluding hydrogens is 332 g/mol. The van der Waals surface area contributed by atoms with E-state index in [4.69, 9.17) is 0 Å². The van der Waals surface area contributed by atoms with Crippen LogP contribution in [-0.4, -0.2) is 15.9 Å². The molecule has 1 fully saturated rings. The van der Waals surface area contributed by atoms with Gasteiger partial charge >= 0.3 is 0 Å². The molecular formula is C13H22Br2O. The standard InChI is InChI=1S/C13H22Br2O/c14-10-13(16)11-6-2-1-3-8-12(15)9-5-4-7-11/h11-12H,1-10H2. The third-order valence-corrected chi connectivity index (χ3v) is 4.95. The van der Waals surface area contributed by atoms with Gasteiger partial charge in [0, 0.05) is 10.7 Å². The number of Topliss-reactive ketones (excluding diaryl/α,β-unsaturated/α-hetero) is 1. The Morgan fingerprint density at radius 3 is 2.06 bits per heavy atom. The van der Waals surface area contributed by atoms with Crippen LogP contribution in [0.3, 0.4) is 0 Å². The van der Waals surface area contributed by atoms with Crippen LogP contribution in [0, 0.1) is 5.92 Å². The van der Waals surface area contributed by atoms with Crippen molar-refractivity contribution in [2.75, 3.05) is 5.33 Å². The minimum atomic E-state index is 0.325. The second-order valence-electron chi connectivity index (χ2n) is 4.82. The lowest BCUT2D eigenvalue weighted by Gasteiger charge is -2.13. The summed E-state index contributed by atoms with van der Waals surface area (Å²) >= 11 is 7.04. The summed E-state index contributed by atoms with van der Waals surface area (Å²) in [5.74, 6) is 0.737. The highest BCUT2D eigenvalue weighted by atomic mass is 79.9. The second-order valence-corrected chi connectivity index (χ2v) is 6.67. The summed E-state index contributed by atoms with van der Waals surface area (Å²) in [4.78, 5) is 12.4.